The number of hydrogen-bond acceptors (Lipinski definition) is 11. The molecule has 4 aliphatic rings. The van der Waals surface area contributed by atoms with Crippen LogP contribution in [-0.2, 0) is 9.47 Å². The van der Waals surface area contributed by atoms with Gasteiger partial charge in [-0.1, -0.05) is 18.0 Å². The van der Waals surface area contributed by atoms with E-state index in [4.69, 9.17) is 45.5 Å². The number of fused-ring (bicyclic) bond motifs is 3. The maximum atomic E-state index is 17.2. The lowest BCUT2D eigenvalue weighted by molar-refractivity contribution is -0.0457. The van der Waals surface area contributed by atoms with Crippen molar-refractivity contribution in [2.45, 2.75) is 76.5 Å². The number of H-pyrrole nitrogens is 1. The molecule has 2 saturated heterocycles. The number of β-amino-alcohol motifs (C(OH)–C–C–N with tert-alkyl or cyclic N) is 1. The van der Waals surface area contributed by atoms with Gasteiger partial charge in [-0.05, 0) is 76.5 Å². The quantitative estimate of drug-likeness (QED) is 0.220. The number of halogens is 2. The predicted octanol–water partition coefficient (Wildman–Crippen LogP) is 5.70. The number of pyridine rings is 1. The van der Waals surface area contributed by atoms with E-state index in [1.807, 2.05) is 17.9 Å². The van der Waals surface area contributed by atoms with E-state index in [1.165, 1.54) is 7.11 Å². The Labute approximate surface area is 302 Å². The van der Waals surface area contributed by atoms with Crippen LogP contribution in [0.4, 0.5) is 10.2 Å². The van der Waals surface area contributed by atoms with E-state index in [1.54, 1.807) is 20.2 Å². The van der Waals surface area contributed by atoms with Gasteiger partial charge in [-0.3, -0.25) is 10.00 Å². The molecule has 12 nitrogen and oxygen atoms in total. The average molecular weight is 724 g/mol. The molecule has 4 aromatic rings. The molecule has 3 atom stereocenters. The highest BCUT2D eigenvalue weighted by Crippen LogP contribution is 2.49. The molecule has 2 saturated carbocycles. The zero-order valence-electron chi connectivity index (χ0n) is 29.8. The van der Waals surface area contributed by atoms with Gasteiger partial charge in [-0.15, -0.1) is 0 Å². The summed E-state index contributed by atoms with van der Waals surface area (Å²) in [7, 11) is 3.29. The lowest BCUT2D eigenvalue weighted by Gasteiger charge is -2.48. The Morgan fingerprint density at radius 3 is 2.78 bits per heavy atom. The SMILES string of the molecule is COc1nc(-c2c(Cl)c(C)cc3[nH]ncc23)c(F)c2nc(OCC34CCCC3N(CC3CC(OC)C3)CCC4)nc(N3CCOCC(C)(O)C3)c12. The van der Waals surface area contributed by atoms with Gasteiger partial charge in [0.1, 0.15) is 28.0 Å². The molecule has 4 fully saturated rings. The van der Waals surface area contributed by atoms with Crippen molar-refractivity contribution in [3.8, 4) is 23.1 Å². The molecule has 0 bridgehead atoms. The lowest BCUT2D eigenvalue weighted by Crippen LogP contribution is -2.54. The number of rotatable bonds is 9. The number of methoxy groups -OCH3 is 2. The van der Waals surface area contributed by atoms with Crippen molar-refractivity contribution in [1.82, 2.24) is 30.0 Å². The van der Waals surface area contributed by atoms with E-state index >= 15 is 4.39 Å². The van der Waals surface area contributed by atoms with Gasteiger partial charge in [0, 0.05) is 42.6 Å². The molecule has 0 spiro atoms. The smallest absolute Gasteiger partial charge is 0.319 e. The number of nitrogens with zero attached hydrogens (tertiary/aromatic N) is 6. The highest BCUT2D eigenvalue weighted by molar-refractivity contribution is 6.35. The second kappa shape index (κ2) is 13.6. The Morgan fingerprint density at radius 2 is 1.98 bits per heavy atom. The van der Waals surface area contributed by atoms with Crippen LogP contribution in [0.3, 0.4) is 0 Å². The standard InChI is InChI=1S/C37H47ClFN7O5/c1-21-13-25-24(16-40-44-25)27(29(21)38)31-30(39)32-28(34(41-31)49-4)33(46-11-12-50-19-36(2,47)18-46)43-35(42-32)51-20-37-8-5-7-26(37)45(10-6-9-37)17-22-14-23(15-22)48-3/h13,16,22-23,26,47H,5-12,14-15,17-20H2,1-4H3,(H,40,44). The second-order valence-corrected chi connectivity index (χ2v) is 15.8. The monoisotopic (exact) mass is 723 g/mol. The first-order valence-electron chi connectivity index (χ1n) is 18.1. The minimum Gasteiger partial charge on any atom is -0.480 e. The van der Waals surface area contributed by atoms with Gasteiger partial charge in [0.15, 0.2) is 5.82 Å². The van der Waals surface area contributed by atoms with E-state index in [0.717, 1.165) is 63.6 Å². The van der Waals surface area contributed by atoms with Crippen molar-refractivity contribution >= 4 is 39.2 Å². The first-order chi connectivity index (χ1) is 24.6. The molecular weight excluding hydrogens is 677 g/mol. The fourth-order valence-corrected chi connectivity index (χ4v) is 9.36. The molecule has 3 aromatic heterocycles. The van der Waals surface area contributed by atoms with Crippen molar-refractivity contribution in [3.05, 3.63) is 28.7 Å². The summed E-state index contributed by atoms with van der Waals surface area (Å²) in [5.41, 5.74) is 0.610. The van der Waals surface area contributed by atoms with E-state index in [2.05, 4.69) is 15.1 Å². The topological polar surface area (TPSA) is 131 Å². The third kappa shape index (κ3) is 6.28. The summed E-state index contributed by atoms with van der Waals surface area (Å²) in [6.07, 6.45) is 9.75. The Morgan fingerprint density at radius 1 is 1.16 bits per heavy atom. The van der Waals surface area contributed by atoms with Crippen molar-refractivity contribution in [2.75, 3.05) is 65.1 Å². The van der Waals surface area contributed by atoms with Crippen LogP contribution in [0.2, 0.25) is 5.02 Å². The van der Waals surface area contributed by atoms with Crippen molar-refractivity contribution in [2.24, 2.45) is 11.3 Å². The van der Waals surface area contributed by atoms with Crippen LogP contribution in [0.25, 0.3) is 33.1 Å². The Balaban J connectivity index is 1.21. The minimum atomic E-state index is -1.18. The van der Waals surface area contributed by atoms with Crippen LogP contribution in [0.1, 0.15) is 57.4 Å². The number of benzene rings is 1. The zero-order chi connectivity index (χ0) is 35.5. The van der Waals surface area contributed by atoms with E-state index < -0.39 is 11.4 Å². The summed E-state index contributed by atoms with van der Waals surface area (Å²) in [4.78, 5) is 19.0. The summed E-state index contributed by atoms with van der Waals surface area (Å²) in [6.45, 7) is 7.28. The van der Waals surface area contributed by atoms with Crippen LogP contribution in [0, 0.1) is 24.1 Å². The Bertz CT molecular complexity index is 1940. The van der Waals surface area contributed by atoms with Crippen LogP contribution < -0.4 is 14.4 Å². The van der Waals surface area contributed by atoms with Gasteiger partial charge in [0.05, 0.1) is 56.3 Å². The van der Waals surface area contributed by atoms with Crippen molar-refractivity contribution in [3.63, 3.8) is 0 Å². The first-order valence-corrected chi connectivity index (χ1v) is 18.5. The highest BCUT2D eigenvalue weighted by Gasteiger charge is 2.49. The molecule has 8 rings (SSSR count). The normalized spacial score (nSPS) is 28.5. The Kier molecular flexibility index (Phi) is 9.23. The number of aliphatic hydroxyl groups is 1. The third-order valence-corrected chi connectivity index (χ3v) is 12.2. The zero-order valence-corrected chi connectivity index (χ0v) is 30.6. The van der Waals surface area contributed by atoms with Gasteiger partial charge in [0.25, 0.3) is 0 Å². The first kappa shape index (κ1) is 34.7. The van der Waals surface area contributed by atoms with E-state index in [9.17, 15) is 5.11 Å². The van der Waals surface area contributed by atoms with Crippen molar-refractivity contribution in [1.29, 1.82) is 0 Å². The molecule has 0 radical (unpaired) electrons. The average Bonchev–Trinajstić information content (AvgIpc) is 3.70. The van der Waals surface area contributed by atoms with Gasteiger partial charge in [0.2, 0.25) is 5.88 Å². The molecular formula is C37H47ClFN7O5. The second-order valence-electron chi connectivity index (χ2n) is 15.4. The van der Waals surface area contributed by atoms with Crippen LogP contribution in [0.15, 0.2) is 12.3 Å². The molecule has 14 heteroatoms. The summed E-state index contributed by atoms with van der Waals surface area (Å²) in [6, 6.07) is 2.36. The van der Waals surface area contributed by atoms with Crippen LogP contribution in [-0.4, -0.2) is 113 Å². The molecule has 2 aliphatic heterocycles. The summed E-state index contributed by atoms with van der Waals surface area (Å²) >= 11 is 6.87. The number of anilines is 1. The third-order valence-electron chi connectivity index (χ3n) is 11.7. The van der Waals surface area contributed by atoms with E-state index in [-0.39, 0.29) is 47.1 Å². The number of ether oxygens (including phenoxy) is 4. The number of hydrogen-bond donors (Lipinski definition) is 2. The molecule has 51 heavy (non-hydrogen) atoms. The minimum absolute atomic E-state index is 0.000649. The van der Waals surface area contributed by atoms with Gasteiger partial charge >= 0.3 is 6.01 Å². The summed E-state index contributed by atoms with van der Waals surface area (Å²) < 4.78 is 40.9. The van der Waals surface area contributed by atoms with Crippen molar-refractivity contribution < 1.29 is 28.4 Å². The Hall–Kier alpha value is -3.36. The largest absolute Gasteiger partial charge is 0.480 e. The van der Waals surface area contributed by atoms with Gasteiger partial charge in [-0.2, -0.15) is 15.1 Å². The predicted molar refractivity (Wildman–Crippen MR) is 192 cm³/mol. The molecule has 2 aliphatic carbocycles. The van der Waals surface area contributed by atoms with Crippen LogP contribution >= 0.6 is 11.6 Å². The fourth-order valence-electron chi connectivity index (χ4n) is 9.11. The van der Waals surface area contributed by atoms with Gasteiger partial charge in [-0.25, -0.2) is 9.37 Å². The fraction of sp³-hybridized carbons (Fsp3) is 0.622. The summed E-state index contributed by atoms with van der Waals surface area (Å²) in [5, 5.41) is 19.6. The number of piperidine rings is 1. The lowest BCUT2D eigenvalue weighted by atomic mass is 9.74. The number of likely N-dealkylation sites (tertiary alicyclic amines) is 1. The molecule has 2 N–H and O–H groups in total. The number of nitrogens with one attached hydrogen (secondary N) is 1. The number of aromatic nitrogens is 5. The summed E-state index contributed by atoms with van der Waals surface area (Å²) in [5.74, 6) is 0.482. The number of aromatic amines is 1. The van der Waals surface area contributed by atoms with Gasteiger partial charge < -0.3 is 29.0 Å². The molecule has 0 amide bonds. The number of aryl methyl sites for hydroxylation is 1. The molecule has 5 heterocycles. The van der Waals surface area contributed by atoms with E-state index in [0.29, 0.717) is 65.1 Å². The maximum absolute atomic E-state index is 17.2. The molecule has 3 unspecified atom stereocenters. The maximum Gasteiger partial charge on any atom is 0.319 e. The molecule has 1 aromatic carbocycles. The van der Waals surface area contributed by atoms with Crippen LogP contribution in [0.5, 0.6) is 11.9 Å². The highest BCUT2D eigenvalue weighted by atomic mass is 35.5. The molecule has 274 valence electrons.